The predicted octanol–water partition coefficient (Wildman–Crippen LogP) is 1.98. The van der Waals surface area contributed by atoms with Crippen LogP contribution in [0.4, 0.5) is 5.13 Å². The molecule has 2 aromatic rings. The molecule has 0 aliphatic heterocycles. The van der Waals surface area contributed by atoms with Crippen molar-refractivity contribution in [3.63, 3.8) is 0 Å². The molecule has 0 bridgehead atoms. The Bertz CT molecular complexity index is 621. The van der Waals surface area contributed by atoms with Crippen molar-refractivity contribution in [3.8, 4) is 0 Å². The lowest BCUT2D eigenvalue weighted by molar-refractivity contribution is 0.0979. The fourth-order valence-corrected chi connectivity index (χ4v) is 2.88. The second kappa shape index (κ2) is 3.74. The number of carbonyl (C=O) groups is 2. The number of thiazole rings is 1. The van der Waals surface area contributed by atoms with Crippen LogP contribution in [0.1, 0.15) is 31.3 Å². The van der Waals surface area contributed by atoms with E-state index >= 15 is 0 Å². The van der Waals surface area contributed by atoms with Crippen molar-refractivity contribution in [2.45, 2.75) is 0 Å². The third kappa shape index (κ3) is 1.41. The molecule has 1 aliphatic rings. The Morgan fingerprint density at radius 1 is 1.06 bits per heavy atom. The summed E-state index contributed by atoms with van der Waals surface area (Å²) in [5, 5.41) is 0.675. The van der Waals surface area contributed by atoms with Crippen molar-refractivity contribution in [2.75, 3.05) is 19.0 Å². The van der Waals surface area contributed by atoms with Gasteiger partial charge in [-0.3, -0.25) is 9.59 Å². The molecule has 90 valence electrons. The molecule has 0 radical (unpaired) electrons. The molecule has 0 atom stereocenters. The van der Waals surface area contributed by atoms with Gasteiger partial charge in [0.2, 0.25) is 11.6 Å². The van der Waals surface area contributed by atoms with Crippen LogP contribution in [0.5, 0.6) is 0 Å². The van der Waals surface area contributed by atoms with Gasteiger partial charge in [-0.2, -0.15) is 0 Å². The Labute approximate surface area is 108 Å². The molecule has 1 aliphatic carbocycles. The number of anilines is 1. The lowest BCUT2D eigenvalue weighted by Gasteiger charge is -2.11. The van der Waals surface area contributed by atoms with E-state index in [9.17, 15) is 9.59 Å². The van der Waals surface area contributed by atoms with Gasteiger partial charge in [-0.15, -0.1) is 0 Å². The van der Waals surface area contributed by atoms with Crippen LogP contribution in [0.2, 0.25) is 0 Å². The van der Waals surface area contributed by atoms with Gasteiger partial charge in [0, 0.05) is 25.2 Å². The SMILES string of the molecule is CN(C)c1nc2c(s1)C(=O)c1ccccc1C2=O. The first-order valence-corrected chi connectivity index (χ1v) is 6.28. The van der Waals surface area contributed by atoms with Gasteiger partial charge in [0.05, 0.1) is 0 Å². The third-order valence-electron chi connectivity index (χ3n) is 2.84. The average molecular weight is 258 g/mol. The molecule has 0 saturated carbocycles. The van der Waals surface area contributed by atoms with Crippen LogP contribution in [-0.2, 0) is 0 Å². The van der Waals surface area contributed by atoms with Gasteiger partial charge in [-0.25, -0.2) is 4.98 Å². The topological polar surface area (TPSA) is 50.3 Å². The summed E-state index contributed by atoms with van der Waals surface area (Å²) in [4.78, 5) is 31.1. The molecular formula is C13H10N2O2S. The van der Waals surface area contributed by atoms with E-state index < -0.39 is 0 Å². The Balaban J connectivity index is 2.24. The van der Waals surface area contributed by atoms with Gasteiger partial charge in [0.1, 0.15) is 10.6 Å². The number of rotatable bonds is 1. The standard InChI is InChI=1S/C13H10N2O2S/c1-15(2)13-14-9-10(16)7-5-3-4-6-8(7)11(17)12(9)18-13/h3-6H,1-2H3. The van der Waals surface area contributed by atoms with Gasteiger partial charge in [0.25, 0.3) is 0 Å². The van der Waals surface area contributed by atoms with E-state index in [-0.39, 0.29) is 17.3 Å². The third-order valence-corrected chi connectivity index (χ3v) is 4.06. The summed E-state index contributed by atoms with van der Waals surface area (Å²) in [5.41, 5.74) is 1.21. The maximum Gasteiger partial charge on any atom is 0.213 e. The van der Waals surface area contributed by atoms with Crippen LogP contribution < -0.4 is 4.90 Å². The number of nitrogens with zero attached hydrogens (tertiary/aromatic N) is 2. The number of hydrogen-bond acceptors (Lipinski definition) is 5. The zero-order valence-corrected chi connectivity index (χ0v) is 10.7. The first kappa shape index (κ1) is 11.1. The van der Waals surface area contributed by atoms with E-state index in [0.717, 1.165) is 0 Å². The Morgan fingerprint density at radius 2 is 1.67 bits per heavy atom. The van der Waals surface area contributed by atoms with E-state index in [4.69, 9.17) is 0 Å². The summed E-state index contributed by atoms with van der Waals surface area (Å²) in [6.45, 7) is 0. The summed E-state index contributed by atoms with van der Waals surface area (Å²) >= 11 is 1.26. The Kier molecular flexibility index (Phi) is 2.31. The fraction of sp³-hybridized carbons (Fsp3) is 0.154. The molecule has 1 heterocycles. The summed E-state index contributed by atoms with van der Waals surface area (Å²) in [6.07, 6.45) is 0. The highest BCUT2D eigenvalue weighted by atomic mass is 32.1. The smallest absolute Gasteiger partial charge is 0.213 e. The van der Waals surface area contributed by atoms with E-state index in [1.807, 2.05) is 14.1 Å². The number of aromatic nitrogens is 1. The molecule has 3 rings (SSSR count). The van der Waals surface area contributed by atoms with Gasteiger partial charge >= 0.3 is 0 Å². The van der Waals surface area contributed by atoms with Crippen molar-refractivity contribution in [3.05, 3.63) is 46.0 Å². The Morgan fingerprint density at radius 3 is 2.28 bits per heavy atom. The van der Waals surface area contributed by atoms with E-state index in [0.29, 0.717) is 21.1 Å². The first-order chi connectivity index (χ1) is 8.59. The van der Waals surface area contributed by atoms with Gasteiger partial charge in [0.15, 0.2) is 5.13 Å². The number of hydrogen-bond donors (Lipinski definition) is 0. The van der Waals surface area contributed by atoms with Crippen LogP contribution >= 0.6 is 11.3 Å². The van der Waals surface area contributed by atoms with Crippen LogP contribution in [0.25, 0.3) is 0 Å². The van der Waals surface area contributed by atoms with Crippen LogP contribution in [0.3, 0.4) is 0 Å². The molecule has 0 amide bonds. The molecule has 18 heavy (non-hydrogen) atoms. The molecule has 0 fully saturated rings. The normalized spacial score (nSPS) is 13.2. The molecule has 0 unspecified atom stereocenters. The fourth-order valence-electron chi connectivity index (χ4n) is 1.94. The highest BCUT2D eigenvalue weighted by Gasteiger charge is 2.33. The first-order valence-electron chi connectivity index (χ1n) is 5.46. The van der Waals surface area contributed by atoms with Crippen molar-refractivity contribution in [1.29, 1.82) is 0 Å². The summed E-state index contributed by atoms with van der Waals surface area (Å²) in [6, 6.07) is 6.89. The molecular weight excluding hydrogens is 248 g/mol. The van der Waals surface area contributed by atoms with Gasteiger partial charge in [-0.1, -0.05) is 35.6 Å². The molecule has 0 spiro atoms. The largest absolute Gasteiger partial charge is 0.354 e. The van der Waals surface area contributed by atoms with Crippen molar-refractivity contribution >= 4 is 28.0 Å². The van der Waals surface area contributed by atoms with E-state index in [1.165, 1.54) is 11.3 Å². The van der Waals surface area contributed by atoms with Gasteiger partial charge < -0.3 is 4.90 Å². The van der Waals surface area contributed by atoms with Crippen molar-refractivity contribution in [2.24, 2.45) is 0 Å². The number of benzene rings is 1. The highest BCUT2D eigenvalue weighted by molar-refractivity contribution is 7.18. The average Bonchev–Trinajstić information content (AvgIpc) is 2.81. The van der Waals surface area contributed by atoms with Crippen LogP contribution in [0.15, 0.2) is 24.3 Å². The molecule has 1 aromatic heterocycles. The van der Waals surface area contributed by atoms with Crippen LogP contribution in [0, 0.1) is 0 Å². The highest BCUT2D eigenvalue weighted by Crippen LogP contribution is 2.33. The molecule has 1 aromatic carbocycles. The minimum Gasteiger partial charge on any atom is -0.354 e. The summed E-state index contributed by atoms with van der Waals surface area (Å²) in [5.74, 6) is -0.268. The molecule has 0 N–H and O–H groups in total. The molecule has 0 saturated heterocycles. The Hall–Kier alpha value is -2.01. The second-order valence-electron chi connectivity index (χ2n) is 4.27. The van der Waals surface area contributed by atoms with E-state index in [1.54, 1.807) is 29.2 Å². The number of ketones is 2. The van der Waals surface area contributed by atoms with Crippen molar-refractivity contribution in [1.82, 2.24) is 4.98 Å². The minimum absolute atomic E-state index is 0.106. The molecule has 4 nitrogen and oxygen atoms in total. The summed E-state index contributed by atoms with van der Waals surface area (Å²) < 4.78 is 0. The monoisotopic (exact) mass is 258 g/mol. The molecule has 5 heteroatoms. The summed E-state index contributed by atoms with van der Waals surface area (Å²) in [7, 11) is 3.68. The number of carbonyl (C=O) groups excluding carboxylic acids is 2. The quantitative estimate of drug-likeness (QED) is 0.669. The second-order valence-corrected chi connectivity index (χ2v) is 5.25. The van der Waals surface area contributed by atoms with Gasteiger partial charge in [-0.05, 0) is 0 Å². The lowest BCUT2D eigenvalue weighted by atomic mass is 9.91. The maximum atomic E-state index is 12.3. The number of fused-ring (bicyclic) bond motifs is 2. The predicted molar refractivity (Wildman–Crippen MR) is 69.7 cm³/mol. The minimum atomic E-state index is -0.162. The zero-order chi connectivity index (χ0) is 12.9. The van der Waals surface area contributed by atoms with Crippen molar-refractivity contribution < 1.29 is 9.59 Å². The van der Waals surface area contributed by atoms with E-state index in [2.05, 4.69) is 4.98 Å². The zero-order valence-electron chi connectivity index (χ0n) is 9.93. The van der Waals surface area contributed by atoms with Crippen LogP contribution in [-0.4, -0.2) is 30.6 Å². The lowest BCUT2D eigenvalue weighted by Crippen LogP contribution is -2.19. The maximum absolute atomic E-state index is 12.3.